The highest BCUT2D eigenvalue weighted by atomic mass is 32.1. The van der Waals surface area contributed by atoms with Gasteiger partial charge in [0.25, 0.3) is 5.91 Å². The number of nitrogens with zero attached hydrogens (tertiary/aromatic N) is 1. The van der Waals surface area contributed by atoms with Gasteiger partial charge in [0.1, 0.15) is 17.7 Å². The molecule has 0 saturated carbocycles. The Hall–Kier alpha value is -2.99. The first-order valence-electron chi connectivity index (χ1n) is 8.98. The van der Waals surface area contributed by atoms with E-state index in [1.54, 1.807) is 25.1 Å². The van der Waals surface area contributed by atoms with Crippen LogP contribution in [0.5, 0.6) is 0 Å². The van der Waals surface area contributed by atoms with Crippen LogP contribution >= 0.6 is 11.3 Å². The fourth-order valence-corrected chi connectivity index (χ4v) is 3.41. The molecular weight excluding hydrogens is 372 g/mol. The zero-order valence-corrected chi connectivity index (χ0v) is 16.9. The van der Waals surface area contributed by atoms with Crippen LogP contribution in [0.1, 0.15) is 34.1 Å². The standard InChI is InChI=1S/C22H22N2O3S/c1-14-7-9-17(10-8-14)21-24-19(13-28-21)12-27-22(26)16(3)23-20(25)18-6-4-5-15(2)11-18/h4-11,13,16H,12H2,1-3H3,(H,23,25)/t16-/m0/s1. The topological polar surface area (TPSA) is 68.3 Å². The minimum Gasteiger partial charge on any atom is -0.458 e. The van der Waals surface area contributed by atoms with Crippen LogP contribution in [-0.4, -0.2) is 22.9 Å². The van der Waals surface area contributed by atoms with E-state index in [4.69, 9.17) is 4.74 Å². The van der Waals surface area contributed by atoms with Crippen molar-refractivity contribution in [2.45, 2.75) is 33.4 Å². The Morgan fingerprint density at radius 2 is 1.86 bits per heavy atom. The molecule has 0 spiro atoms. The van der Waals surface area contributed by atoms with Crippen LogP contribution < -0.4 is 5.32 Å². The minimum atomic E-state index is -0.747. The molecule has 5 nitrogen and oxygen atoms in total. The number of benzene rings is 2. The lowest BCUT2D eigenvalue weighted by atomic mass is 10.1. The molecule has 6 heteroatoms. The number of carbonyl (C=O) groups is 2. The summed E-state index contributed by atoms with van der Waals surface area (Å²) in [6.07, 6.45) is 0. The molecule has 28 heavy (non-hydrogen) atoms. The number of aromatic nitrogens is 1. The van der Waals surface area contributed by atoms with Gasteiger partial charge in [0.2, 0.25) is 0 Å². The SMILES string of the molecule is Cc1ccc(-c2nc(COC(=O)[C@H](C)NC(=O)c3cccc(C)c3)cs2)cc1. The normalized spacial score (nSPS) is 11.7. The molecule has 0 saturated heterocycles. The number of aryl methyl sites for hydroxylation is 2. The Morgan fingerprint density at radius 3 is 2.57 bits per heavy atom. The molecular formula is C22H22N2O3S. The molecule has 0 aliphatic heterocycles. The number of hydrogen-bond acceptors (Lipinski definition) is 5. The molecule has 144 valence electrons. The Kier molecular flexibility index (Phi) is 6.21. The molecule has 0 aliphatic rings. The van der Waals surface area contributed by atoms with Crippen LogP contribution in [-0.2, 0) is 16.1 Å². The van der Waals surface area contributed by atoms with Gasteiger partial charge in [-0.15, -0.1) is 11.3 Å². The first kappa shape index (κ1) is 19.8. The van der Waals surface area contributed by atoms with Crippen molar-refractivity contribution >= 4 is 23.2 Å². The van der Waals surface area contributed by atoms with Crippen molar-refractivity contribution in [1.29, 1.82) is 0 Å². The first-order valence-corrected chi connectivity index (χ1v) is 9.86. The van der Waals surface area contributed by atoms with Gasteiger partial charge < -0.3 is 10.1 Å². The summed E-state index contributed by atoms with van der Waals surface area (Å²) in [5.74, 6) is -0.797. The lowest BCUT2D eigenvalue weighted by molar-refractivity contribution is -0.146. The van der Waals surface area contributed by atoms with Crippen LogP contribution in [0, 0.1) is 13.8 Å². The summed E-state index contributed by atoms with van der Waals surface area (Å²) in [7, 11) is 0. The molecule has 0 unspecified atom stereocenters. The fourth-order valence-electron chi connectivity index (χ4n) is 2.60. The molecule has 0 radical (unpaired) electrons. The zero-order valence-electron chi connectivity index (χ0n) is 16.1. The number of thiazole rings is 1. The zero-order chi connectivity index (χ0) is 20.1. The number of carbonyl (C=O) groups excluding carboxylic acids is 2. The summed E-state index contributed by atoms with van der Waals surface area (Å²) < 4.78 is 5.31. The van der Waals surface area contributed by atoms with E-state index in [9.17, 15) is 9.59 Å². The molecule has 1 atom stereocenters. The Labute approximate surface area is 168 Å². The van der Waals surface area contributed by atoms with Crippen molar-refractivity contribution in [3.63, 3.8) is 0 Å². The Bertz CT molecular complexity index is 979. The molecule has 1 aromatic heterocycles. The van der Waals surface area contributed by atoms with E-state index in [-0.39, 0.29) is 12.5 Å². The highest BCUT2D eigenvalue weighted by Crippen LogP contribution is 2.24. The van der Waals surface area contributed by atoms with E-state index in [0.29, 0.717) is 11.3 Å². The van der Waals surface area contributed by atoms with Crippen LogP contribution in [0.4, 0.5) is 0 Å². The number of amides is 1. The number of nitrogens with one attached hydrogen (secondary N) is 1. The number of esters is 1. The minimum absolute atomic E-state index is 0.0752. The molecule has 1 amide bonds. The summed E-state index contributed by atoms with van der Waals surface area (Å²) in [4.78, 5) is 29.0. The molecule has 0 aliphatic carbocycles. The van der Waals surface area contributed by atoms with Gasteiger partial charge in [0.05, 0.1) is 5.69 Å². The van der Waals surface area contributed by atoms with Crippen molar-refractivity contribution in [3.05, 3.63) is 76.3 Å². The maximum absolute atomic E-state index is 12.2. The summed E-state index contributed by atoms with van der Waals surface area (Å²) in [6, 6.07) is 14.6. The van der Waals surface area contributed by atoms with E-state index in [2.05, 4.69) is 10.3 Å². The molecule has 2 aromatic carbocycles. The second-order valence-corrected chi connectivity index (χ2v) is 7.54. The average Bonchev–Trinajstić information content (AvgIpc) is 3.15. The maximum atomic E-state index is 12.2. The van der Waals surface area contributed by atoms with Crippen LogP contribution in [0.25, 0.3) is 10.6 Å². The molecule has 0 fully saturated rings. The lowest BCUT2D eigenvalue weighted by Crippen LogP contribution is -2.39. The summed E-state index contributed by atoms with van der Waals surface area (Å²) in [5.41, 5.74) is 4.41. The molecule has 1 N–H and O–H groups in total. The van der Waals surface area contributed by atoms with Crippen LogP contribution in [0.2, 0.25) is 0 Å². The van der Waals surface area contributed by atoms with E-state index < -0.39 is 12.0 Å². The van der Waals surface area contributed by atoms with Gasteiger partial charge in [-0.25, -0.2) is 9.78 Å². The van der Waals surface area contributed by atoms with E-state index in [1.807, 2.05) is 49.6 Å². The number of hydrogen-bond donors (Lipinski definition) is 1. The smallest absolute Gasteiger partial charge is 0.328 e. The molecule has 1 heterocycles. The van der Waals surface area contributed by atoms with Gasteiger partial charge in [-0.1, -0.05) is 47.5 Å². The van der Waals surface area contributed by atoms with Crippen molar-refractivity contribution in [1.82, 2.24) is 10.3 Å². The average molecular weight is 394 g/mol. The van der Waals surface area contributed by atoms with Gasteiger partial charge in [-0.2, -0.15) is 0 Å². The molecule has 3 aromatic rings. The molecule has 0 bridgehead atoms. The van der Waals surface area contributed by atoms with Crippen molar-refractivity contribution < 1.29 is 14.3 Å². The quantitative estimate of drug-likeness (QED) is 0.634. The third kappa shape index (κ3) is 5.04. The van der Waals surface area contributed by atoms with Gasteiger partial charge in [-0.3, -0.25) is 4.79 Å². The van der Waals surface area contributed by atoms with E-state index in [1.165, 1.54) is 16.9 Å². The molecule has 3 rings (SSSR count). The third-order valence-electron chi connectivity index (χ3n) is 4.19. The highest BCUT2D eigenvalue weighted by Gasteiger charge is 2.18. The predicted octanol–water partition coefficient (Wildman–Crippen LogP) is 4.29. The van der Waals surface area contributed by atoms with Crippen molar-refractivity contribution in [2.24, 2.45) is 0 Å². The number of ether oxygens (including phenoxy) is 1. The summed E-state index contributed by atoms with van der Waals surface area (Å²) in [5, 5.41) is 5.42. The monoisotopic (exact) mass is 394 g/mol. The second kappa shape index (κ2) is 8.80. The number of rotatable bonds is 6. The van der Waals surface area contributed by atoms with E-state index >= 15 is 0 Å². The van der Waals surface area contributed by atoms with Gasteiger partial charge in [0.15, 0.2) is 0 Å². The maximum Gasteiger partial charge on any atom is 0.328 e. The Balaban J connectivity index is 1.53. The lowest BCUT2D eigenvalue weighted by Gasteiger charge is -2.13. The van der Waals surface area contributed by atoms with Gasteiger partial charge >= 0.3 is 5.97 Å². The van der Waals surface area contributed by atoms with E-state index in [0.717, 1.165) is 16.1 Å². The van der Waals surface area contributed by atoms with Crippen molar-refractivity contribution in [3.8, 4) is 10.6 Å². The third-order valence-corrected chi connectivity index (χ3v) is 5.13. The summed E-state index contributed by atoms with van der Waals surface area (Å²) in [6.45, 7) is 5.63. The fraction of sp³-hybridized carbons (Fsp3) is 0.227. The van der Waals surface area contributed by atoms with Crippen LogP contribution in [0.15, 0.2) is 53.9 Å². The first-order chi connectivity index (χ1) is 13.4. The van der Waals surface area contributed by atoms with Crippen LogP contribution in [0.3, 0.4) is 0 Å². The second-order valence-electron chi connectivity index (χ2n) is 6.68. The van der Waals surface area contributed by atoms with Gasteiger partial charge in [0, 0.05) is 16.5 Å². The predicted molar refractivity (Wildman–Crippen MR) is 110 cm³/mol. The largest absolute Gasteiger partial charge is 0.458 e. The summed E-state index contributed by atoms with van der Waals surface area (Å²) >= 11 is 1.51. The van der Waals surface area contributed by atoms with Gasteiger partial charge in [-0.05, 0) is 32.9 Å². The Morgan fingerprint density at radius 1 is 1.11 bits per heavy atom. The van der Waals surface area contributed by atoms with Crippen molar-refractivity contribution in [2.75, 3.05) is 0 Å². The highest BCUT2D eigenvalue weighted by molar-refractivity contribution is 7.13.